The van der Waals surface area contributed by atoms with Crippen LogP contribution in [0.4, 0.5) is 10.7 Å². The van der Waals surface area contributed by atoms with Gasteiger partial charge in [0.2, 0.25) is 11.9 Å². The van der Waals surface area contributed by atoms with Crippen molar-refractivity contribution < 1.29 is 9.59 Å². The molecule has 3 unspecified atom stereocenters. The molecule has 3 fully saturated rings. The number of nitrogens with zero attached hydrogens (tertiary/aromatic N) is 6. The van der Waals surface area contributed by atoms with E-state index in [-0.39, 0.29) is 18.1 Å². The number of hydrogen-bond acceptors (Lipinski definition) is 6. The Kier molecular flexibility index (Phi) is 3.64. The number of carbonyl (C=O) groups is 2. The zero-order valence-electron chi connectivity index (χ0n) is 14.0. The van der Waals surface area contributed by atoms with Gasteiger partial charge in [0.25, 0.3) is 0 Å². The van der Waals surface area contributed by atoms with Crippen LogP contribution in [0.25, 0.3) is 0 Å². The number of imide groups is 1. The van der Waals surface area contributed by atoms with E-state index in [2.05, 4.69) is 19.8 Å². The van der Waals surface area contributed by atoms with Gasteiger partial charge in [0.1, 0.15) is 0 Å². The number of fused-ring (bicyclic) bond motifs is 1. The van der Waals surface area contributed by atoms with Crippen LogP contribution in [0.3, 0.4) is 0 Å². The Bertz CT molecular complexity index is 639. The van der Waals surface area contributed by atoms with Gasteiger partial charge in [-0.2, -0.15) is 0 Å². The number of hydrogen-bond donors (Lipinski definition) is 0. The average Bonchev–Trinajstić information content (AvgIpc) is 3.16. The summed E-state index contributed by atoms with van der Waals surface area (Å²) in [5.74, 6) is 1.76. The molecule has 8 heteroatoms. The van der Waals surface area contributed by atoms with Crippen LogP contribution in [0.15, 0.2) is 18.5 Å². The minimum atomic E-state index is -0.215. The van der Waals surface area contributed by atoms with Gasteiger partial charge in [0, 0.05) is 52.7 Å². The second-order valence-electron chi connectivity index (χ2n) is 6.96. The monoisotopic (exact) mass is 330 g/mol. The van der Waals surface area contributed by atoms with E-state index in [1.165, 1.54) is 4.90 Å². The first-order valence-electron chi connectivity index (χ1n) is 8.34. The second-order valence-corrected chi connectivity index (χ2v) is 6.96. The lowest BCUT2D eigenvalue weighted by Gasteiger charge is -2.41. The van der Waals surface area contributed by atoms with E-state index < -0.39 is 0 Å². The molecule has 0 bridgehead atoms. The first-order chi connectivity index (χ1) is 11.5. The number of likely N-dealkylation sites (tertiary alicyclic amines) is 1. The quantitative estimate of drug-likeness (QED) is 0.765. The third-order valence-electron chi connectivity index (χ3n) is 5.54. The summed E-state index contributed by atoms with van der Waals surface area (Å²) in [4.78, 5) is 40.3. The zero-order chi connectivity index (χ0) is 16.8. The van der Waals surface area contributed by atoms with Gasteiger partial charge in [0.05, 0.1) is 12.6 Å². The fourth-order valence-corrected chi connectivity index (χ4v) is 4.17. The Labute approximate surface area is 141 Å². The fourth-order valence-electron chi connectivity index (χ4n) is 4.17. The first kappa shape index (κ1) is 15.3. The lowest BCUT2D eigenvalue weighted by atomic mass is 10.0. The Morgan fingerprint density at radius 1 is 1.00 bits per heavy atom. The van der Waals surface area contributed by atoms with Gasteiger partial charge in [-0.15, -0.1) is 0 Å². The topological polar surface area (TPSA) is 72.9 Å². The molecule has 4 rings (SSSR count). The maximum atomic E-state index is 12.2. The summed E-state index contributed by atoms with van der Waals surface area (Å²) < 4.78 is 0. The summed E-state index contributed by atoms with van der Waals surface area (Å²) in [6.45, 7) is 3.69. The van der Waals surface area contributed by atoms with Crippen LogP contribution in [-0.2, 0) is 4.79 Å². The zero-order valence-corrected chi connectivity index (χ0v) is 14.0. The predicted octanol–water partition coefficient (Wildman–Crippen LogP) is 0.0846. The summed E-state index contributed by atoms with van der Waals surface area (Å²) in [6.07, 6.45) is 3.80. The summed E-state index contributed by atoms with van der Waals surface area (Å²) in [6, 6.07) is 1.61. The molecule has 3 atom stereocenters. The number of amides is 3. The summed E-state index contributed by atoms with van der Waals surface area (Å²) in [7, 11) is 3.34. The average molecular weight is 330 g/mol. The van der Waals surface area contributed by atoms with Crippen LogP contribution in [0.5, 0.6) is 0 Å². The van der Waals surface area contributed by atoms with E-state index in [1.807, 2.05) is 6.07 Å². The molecule has 1 aromatic heterocycles. The molecule has 3 amide bonds. The largest absolute Gasteiger partial charge is 0.340 e. The van der Waals surface area contributed by atoms with Crippen LogP contribution in [-0.4, -0.2) is 83.0 Å². The smallest absolute Gasteiger partial charge is 0.327 e. The summed E-state index contributed by atoms with van der Waals surface area (Å²) in [5.41, 5.74) is 0. The Hall–Kier alpha value is -2.22. The van der Waals surface area contributed by atoms with Gasteiger partial charge in [-0.3, -0.25) is 14.6 Å². The van der Waals surface area contributed by atoms with Crippen molar-refractivity contribution in [3.8, 4) is 0 Å². The molecule has 24 heavy (non-hydrogen) atoms. The van der Waals surface area contributed by atoms with Gasteiger partial charge in [-0.1, -0.05) is 0 Å². The second kappa shape index (κ2) is 5.70. The van der Waals surface area contributed by atoms with Crippen LogP contribution < -0.4 is 4.90 Å². The molecule has 3 aliphatic rings. The van der Waals surface area contributed by atoms with Crippen molar-refractivity contribution in [2.45, 2.75) is 12.6 Å². The van der Waals surface area contributed by atoms with Crippen LogP contribution in [0.1, 0.15) is 6.42 Å². The summed E-state index contributed by atoms with van der Waals surface area (Å²) >= 11 is 0. The number of carbonyl (C=O) groups excluding carboxylic acids is 2. The van der Waals surface area contributed by atoms with E-state index in [0.717, 1.165) is 32.1 Å². The molecular formula is C16H22N6O2. The van der Waals surface area contributed by atoms with Crippen molar-refractivity contribution in [2.24, 2.45) is 11.8 Å². The SMILES string of the molecule is CN1C(=O)CC(N2CC3CN(c4ncccn4)CC3C2)N(C)C1=O. The maximum Gasteiger partial charge on any atom is 0.327 e. The molecule has 3 saturated heterocycles. The van der Waals surface area contributed by atoms with Crippen LogP contribution >= 0.6 is 0 Å². The van der Waals surface area contributed by atoms with Crippen LogP contribution in [0, 0.1) is 11.8 Å². The molecule has 0 aromatic carbocycles. The van der Waals surface area contributed by atoms with E-state index in [0.29, 0.717) is 18.3 Å². The standard InChI is InChI=1S/C16H22N6O2/c1-19-13(6-14(23)20(2)16(19)24)21-7-11-9-22(10-12(11)8-21)15-17-4-3-5-18-15/h3-5,11-13H,6-10H2,1-2H3. The van der Waals surface area contributed by atoms with Gasteiger partial charge >= 0.3 is 6.03 Å². The van der Waals surface area contributed by atoms with E-state index in [9.17, 15) is 9.59 Å². The van der Waals surface area contributed by atoms with Gasteiger partial charge in [-0.25, -0.2) is 14.8 Å². The number of anilines is 1. The number of urea groups is 1. The Morgan fingerprint density at radius 2 is 1.62 bits per heavy atom. The van der Waals surface area contributed by atoms with Gasteiger partial charge < -0.3 is 9.80 Å². The molecule has 3 aliphatic heterocycles. The molecule has 8 nitrogen and oxygen atoms in total. The highest BCUT2D eigenvalue weighted by molar-refractivity contribution is 5.96. The van der Waals surface area contributed by atoms with Crippen molar-refractivity contribution in [1.29, 1.82) is 0 Å². The van der Waals surface area contributed by atoms with Gasteiger partial charge in [0.15, 0.2) is 0 Å². The predicted molar refractivity (Wildman–Crippen MR) is 87.1 cm³/mol. The third-order valence-corrected chi connectivity index (χ3v) is 5.54. The molecule has 0 radical (unpaired) electrons. The maximum absolute atomic E-state index is 12.2. The molecule has 4 heterocycles. The van der Waals surface area contributed by atoms with Gasteiger partial charge in [-0.05, 0) is 17.9 Å². The minimum Gasteiger partial charge on any atom is -0.340 e. The van der Waals surface area contributed by atoms with E-state index in [1.54, 1.807) is 31.4 Å². The first-order valence-corrected chi connectivity index (χ1v) is 8.34. The highest BCUT2D eigenvalue weighted by Gasteiger charge is 2.46. The summed E-state index contributed by atoms with van der Waals surface area (Å²) in [5, 5.41) is 0. The van der Waals surface area contributed by atoms with E-state index >= 15 is 0 Å². The minimum absolute atomic E-state index is 0.0977. The van der Waals surface area contributed by atoms with Crippen molar-refractivity contribution in [3.63, 3.8) is 0 Å². The molecule has 0 aliphatic carbocycles. The Balaban J connectivity index is 1.42. The molecule has 0 N–H and O–H groups in total. The van der Waals surface area contributed by atoms with E-state index in [4.69, 9.17) is 0 Å². The third kappa shape index (κ3) is 2.41. The highest BCUT2D eigenvalue weighted by atomic mass is 16.2. The van der Waals surface area contributed by atoms with Crippen molar-refractivity contribution in [1.82, 2.24) is 24.7 Å². The highest BCUT2D eigenvalue weighted by Crippen LogP contribution is 2.35. The number of rotatable bonds is 2. The molecule has 1 aromatic rings. The molecule has 0 saturated carbocycles. The number of aromatic nitrogens is 2. The lowest BCUT2D eigenvalue weighted by molar-refractivity contribution is -0.133. The molecular weight excluding hydrogens is 308 g/mol. The van der Waals surface area contributed by atoms with Crippen molar-refractivity contribution in [2.75, 3.05) is 45.2 Å². The molecule has 128 valence electrons. The van der Waals surface area contributed by atoms with Crippen molar-refractivity contribution >= 4 is 17.9 Å². The Morgan fingerprint density at radius 3 is 2.25 bits per heavy atom. The molecule has 0 spiro atoms. The van der Waals surface area contributed by atoms with Crippen LogP contribution in [0.2, 0.25) is 0 Å². The lowest BCUT2D eigenvalue weighted by Crippen LogP contribution is -2.59. The van der Waals surface area contributed by atoms with Crippen molar-refractivity contribution in [3.05, 3.63) is 18.5 Å². The normalized spacial score (nSPS) is 31.1. The fraction of sp³-hybridized carbons (Fsp3) is 0.625.